The molecule has 4 fully saturated rings. The fourth-order valence-corrected chi connectivity index (χ4v) is 12.7. The quantitative estimate of drug-likeness (QED) is 0.134. The molecule has 4 aliphatic heterocycles. The van der Waals surface area contributed by atoms with Crippen LogP contribution in [0.2, 0.25) is 0 Å². The molecule has 4 aliphatic rings. The lowest BCUT2D eigenvalue weighted by Crippen LogP contribution is -2.56. The molecule has 4 heterocycles. The van der Waals surface area contributed by atoms with Crippen LogP contribution in [0.3, 0.4) is 0 Å². The summed E-state index contributed by atoms with van der Waals surface area (Å²) in [5, 5.41) is 15.9. The Morgan fingerprint density at radius 3 is 1.41 bits per heavy atom. The van der Waals surface area contributed by atoms with E-state index < -0.39 is 29.6 Å². The smallest absolute Gasteiger partial charge is 0.247 e. The fourth-order valence-electron chi connectivity index (χ4n) is 9.04. The second-order valence-corrected chi connectivity index (χ2v) is 21.6. The minimum absolute atomic E-state index is 0. The second-order valence-electron chi connectivity index (χ2n) is 18.2. The molecule has 5 N–H and O–H groups in total. The molecule has 23 heteroatoms. The average Bonchev–Trinajstić information content (AvgIpc) is 3.53. The first-order valence-corrected chi connectivity index (χ1v) is 24.2. The summed E-state index contributed by atoms with van der Waals surface area (Å²) < 4.78 is 0. The molecule has 6 rings (SSSR count). The van der Waals surface area contributed by atoms with Gasteiger partial charge in [-0.05, 0) is 118 Å². The van der Waals surface area contributed by atoms with Gasteiger partial charge >= 0.3 is 0 Å². The Kier molecular flexibility index (Phi) is 33.3. The van der Waals surface area contributed by atoms with Crippen LogP contribution in [-0.2, 0) is 38.4 Å². The van der Waals surface area contributed by atoms with Crippen LogP contribution < -0.4 is 26.6 Å². The van der Waals surface area contributed by atoms with Crippen LogP contribution in [0, 0.1) is 10.8 Å². The van der Waals surface area contributed by atoms with E-state index in [4.69, 9.17) is 24.4 Å². The Hall–Kier alpha value is -0.280. The number of benzene rings is 2. The third kappa shape index (κ3) is 17.1. The standard InChI is InChI=1S/C45H63N7O4S4.8H2S/c1-26(46-7)40(57)49-32-19-21-59-35-24-44(3,4)37(51(35)42(32)55)34(53)23-30-13-11-28(12-14-30)9-10-29-15-17-31(18-16-29)48-39(54)38-45(5,6)25-36-52(38)43(56)33(20-22-60-36)50-41(58)27(2)47-8;;;;;;;;/h11-18,26-27,32-33,35-38,46-47H,9-10,19-25H2,1-8H3,(H,48,54)(H,49,57)(H,50,58);8*1H2/t26-,27-,32-,33-,35-,36-,37+,38+;;;;;;;;/m0......../s1. The number of aryl methyl sites for hydroxylation is 2. The number of likely N-dealkylation sites (N-methyl/N-ethyl adjacent to an activating group) is 2. The lowest BCUT2D eigenvalue weighted by molar-refractivity contribution is -0.141. The fraction of sp³-hybridized carbons (Fsp3) is 0.600. The molecular weight excluding hydrogens is 1090 g/mol. The van der Waals surface area contributed by atoms with Gasteiger partial charge in [-0.2, -0.15) is 108 Å². The number of nitrogens with zero attached hydrogens (tertiary/aromatic N) is 2. The maximum absolute atomic E-state index is 14.1. The van der Waals surface area contributed by atoms with E-state index in [1.165, 1.54) is 0 Å². The minimum atomic E-state index is -0.609. The highest BCUT2D eigenvalue weighted by Crippen LogP contribution is 2.48. The predicted molar refractivity (Wildman–Crippen MR) is 337 cm³/mol. The monoisotopic (exact) mass is 1170 g/mol. The third-order valence-electron chi connectivity index (χ3n) is 12.8. The molecule has 0 radical (unpaired) electrons. The van der Waals surface area contributed by atoms with E-state index in [-0.39, 0.29) is 166 Å². The molecule has 8 atom stereocenters. The molecule has 4 saturated heterocycles. The van der Waals surface area contributed by atoms with E-state index in [9.17, 15) is 19.2 Å². The van der Waals surface area contributed by atoms with E-state index in [2.05, 4.69) is 66.4 Å². The maximum atomic E-state index is 14.1. The van der Waals surface area contributed by atoms with Crippen molar-refractivity contribution in [2.75, 3.05) is 30.9 Å². The van der Waals surface area contributed by atoms with Gasteiger partial charge in [0.25, 0.3) is 0 Å². The molecule has 0 aromatic heterocycles. The molecule has 0 saturated carbocycles. The van der Waals surface area contributed by atoms with E-state index >= 15 is 0 Å². The topological polar surface area (TPSA) is 135 Å². The molecule has 68 heavy (non-hydrogen) atoms. The summed E-state index contributed by atoms with van der Waals surface area (Å²) in [6.45, 7) is 12.3. The number of hydrogen-bond donors (Lipinski definition) is 5. The summed E-state index contributed by atoms with van der Waals surface area (Å²) in [5.74, 6) is 1.42. The summed E-state index contributed by atoms with van der Waals surface area (Å²) in [6, 6.07) is 14.0. The van der Waals surface area contributed by atoms with E-state index in [1.54, 1.807) is 23.5 Å². The van der Waals surface area contributed by atoms with Gasteiger partial charge in [-0.25, -0.2) is 0 Å². The number of thiocarbonyl (C=S) groups is 2. The number of ketones is 1. The van der Waals surface area contributed by atoms with Gasteiger partial charge in [0, 0.05) is 12.1 Å². The SMILES string of the molecule is CN[C@@H](C)C(=S)N[C@H]1CCS[C@H]2CC(C)(C)[C@@H](C(=O)Cc3ccc(CCc4ccc(NC(=O)[C@H]5N6C(=O)[C@@H](NC(=S)[C@H](C)NC)CCS[C@H]6CC5(C)C)cc4)cc3)N2C1=O.S.S.S.S.S.S.S.S. The molecule has 11 nitrogen and oxygen atoms in total. The first kappa shape index (κ1) is 72.0. The van der Waals surface area contributed by atoms with Gasteiger partial charge in [0.2, 0.25) is 17.7 Å². The Labute approximate surface area is 481 Å². The number of Topliss-reactive ketones (excluding diaryl/α,β-unsaturated/α-hetero) is 1. The van der Waals surface area contributed by atoms with Crippen molar-refractivity contribution in [2.45, 2.75) is 133 Å². The van der Waals surface area contributed by atoms with Gasteiger partial charge in [-0.3, -0.25) is 19.2 Å². The maximum Gasteiger partial charge on any atom is 0.247 e. The highest BCUT2D eigenvalue weighted by atomic mass is 32.2. The minimum Gasteiger partial charge on any atom is -0.367 e. The zero-order valence-electron chi connectivity index (χ0n) is 40.3. The summed E-state index contributed by atoms with van der Waals surface area (Å²) in [5.41, 5.74) is 3.19. The molecule has 3 amide bonds. The largest absolute Gasteiger partial charge is 0.367 e. The van der Waals surface area contributed by atoms with Crippen molar-refractivity contribution in [3.8, 4) is 0 Å². The highest BCUT2D eigenvalue weighted by Gasteiger charge is 2.55. The Morgan fingerprint density at radius 2 is 1.00 bits per heavy atom. The molecular formula is C45H79N7O4S12. The lowest BCUT2D eigenvalue weighted by Gasteiger charge is -2.34. The Balaban J connectivity index is -0.00000528. The van der Waals surface area contributed by atoms with Crippen molar-refractivity contribution in [1.29, 1.82) is 0 Å². The number of thioether (sulfide) groups is 2. The van der Waals surface area contributed by atoms with Gasteiger partial charge < -0.3 is 36.4 Å². The number of carbonyl (C=O) groups is 4. The van der Waals surface area contributed by atoms with Gasteiger partial charge in [-0.15, -0.1) is 23.5 Å². The number of fused-ring (bicyclic) bond motifs is 2. The summed E-state index contributed by atoms with van der Waals surface area (Å²) in [4.78, 5) is 60.9. The van der Waals surface area contributed by atoms with Crippen molar-refractivity contribution in [1.82, 2.24) is 31.1 Å². The van der Waals surface area contributed by atoms with Crippen molar-refractivity contribution >= 4 is 195 Å². The number of nitrogens with one attached hydrogen (secondary N) is 5. The lowest BCUT2D eigenvalue weighted by atomic mass is 9.81. The van der Waals surface area contributed by atoms with Gasteiger partial charge in [0.1, 0.15) is 18.1 Å². The van der Waals surface area contributed by atoms with Crippen molar-refractivity contribution in [3.63, 3.8) is 0 Å². The third-order valence-corrected chi connectivity index (χ3v) is 16.2. The number of anilines is 1. The average molecular weight is 1170 g/mol. The number of carbonyl (C=O) groups excluding carboxylic acids is 4. The zero-order valence-corrected chi connectivity index (χ0v) is 51.5. The molecule has 0 spiro atoms. The molecule has 390 valence electrons. The number of rotatable bonds is 14. The van der Waals surface area contributed by atoms with Crippen LogP contribution >= 0.6 is 156 Å². The number of amides is 3. The van der Waals surface area contributed by atoms with Gasteiger partial charge in [-0.1, -0.05) is 88.5 Å². The van der Waals surface area contributed by atoms with E-state index in [1.807, 2.05) is 74.1 Å². The second kappa shape index (κ2) is 31.5. The molecule has 2 aromatic rings. The van der Waals surface area contributed by atoms with Gasteiger partial charge in [0.15, 0.2) is 5.78 Å². The van der Waals surface area contributed by atoms with Crippen LogP contribution in [-0.4, -0.2) is 116 Å². The van der Waals surface area contributed by atoms with Crippen LogP contribution in [0.5, 0.6) is 0 Å². The molecule has 2 aromatic carbocycles. The van der Waals surface area contributed by atoms with Crippen molar-refractivity contribution < 1.29 is 19.2 Å². The molecule has 0 unspecified atom stereocenters. The summed E-state index contributed by atoms with van der Waals surface area (Å²) in [6.07, 6.45) is 4.73. The van der Waals surface area contributed by atoms with Crippen molar-refractivity contribution in [3.05, 3.63) is 65.2 Å². The number of hydrogen-bond acceptors (Lipinski definition) is 10. The van der Waals surface area contributed by atoms with Crippen LogP contribution in [0.25, 0.3) is 0 Å². The Bertz CT molecular complexity index is 1810. The summed E-state index contributed by atoms with van der Waals surface area (Å²) in [7, 11) is 3.68. The van der Waals surface area contributed by atoms with Crippen LogP contribution in [0.15, 0.2) is 48.5 Å². The summed E-state index contributed by atoms with van der Waals surface area (Å²) >= 11 is 14.7. The molecule has 0 aliphatic carbocycles. The van der Waals surface area contributed by atoms with E-state index in [0.717, 1.165) is 53.9 Å². The first-order chi connectivity index (χ1) is 28.4. The van der Waals surface area contributed by atoms with Crippen molar-refractivity contribution in [2.24, 2.45) is 10.8 Å². The predicted octanol–water partition coefficient (Wildman–Crippen LogP) is 6.39. The van der Waals surface area contributed by atoms with Gasteiger partial charge in [0.05, 0.1) is 38.9 Å². The molecule has 0 bridgehead atoms. The van der Waals surface area contributed by atoms with Crippen LogP contribution in [0.4, 0.5) is 5.69 Å². The first-order valence-electron chi connectivity index (χ1n) is 21.3. The normalized spacial score (nSPS) is 23.7. The van der Waals surface area contributed by atoms with Crippen LogP contribution in [0.1, 0.15) is 83.9 Å². The highest BCUT2D eigenvalue weighted by molar-refractivity contribution is 8.00. The van der Waals surface area contributed by atoms with E-state index in [0.29, 0.717) is 28.5 Å². The Morgan fingerprint density at radius 1 is 0.632 bits per heavy atom. The zero-order chi connectivity index (χ0) is 43.5.